The fraction of sp³-hybridized carbons (Fsp3) is 0.471. The molecule has 2 rings (SSSR count). The summed E-state index contributed by atoms with van der Waals surface area (Å²) >= 11 is 0. The number of carbonyl (C=O) groups is 1. The number of nitrogens with one attached hydrogen (secondary N) is 1. The van der Waals surface area contributed by atoms with Crippen LogP contribution in [0.25, 0.3) is 11.5 Å². The van der Waals surface area contributed by atoms with Crippen LogP contribution in [0.5, 0.6) is 0 Å². The maximum Gasteiger partial charge on any atom is 0.317 e. The lowest BCUT2D eigenvalue weighted by Gasteiger charge is -2.19. The summed E-state index contributed by atoms with van der Waals surface area (Å²) in [6.07, 6.45) is 1.55. The Labute approximate surface area is 136 Å². The van der Waals surface area contributed by atoms with Crippen molar-refractivity contribution in [3.05, 3.63) is 35.7 Å². The van der Waals surface area contributed by atoms with Gasteiger partial charge in [-0.3, -0.25) is 0 Å². The van der Waals surface area contributed by atoms with Crippen LogP contribution in [0.1, 0.15) is 32.2 Å². The average molecular weight is 316 g/mol. The van der Waals surface area contributed by atoms with Gasteiger partial charge in [-0.05, 0) is 38.0 Å². The Kier molecular flexibility index (Phi) is 6.14. The molecule has 1 heterocycles. The lowest BCUT2D eigenvalue weighted by molar-refractivity contribution is 0.203. The molecule has 0 saturated heterocycles. The van der Waals surface area contributed by atoms with Gasteiger partial charge in [0.2, 0.25) is 0 Å². The van der Waals surface area contributed by atoms with Gasteiger partial charge in [0.05, 0.1) is 0 Å². The molecule has 0 atom stereocenters. The number of benzene rings is 1. The predicted molar refractivity (Wildman–Crippen MR) is 89.1 cm³/mol. The number of amides is 2. The van der Waals surface area contributed by atoms with E-state index in [4.69, 9.17) is 4.52 Å². The van der Waals surface area contributed by atoms with Crippen LogP contribution in [0.3, 0.4) is 0 Å². The van der Waals surface area contributed by atoms with E-state index in [-0.39, 0.29) is 6.03 Å². The van der Waals surface area contributed by atoms with Gasteiger partial charge in [-0.15, -0.1) is 0 Å². The molecular formula is C17H24N4O2. The first-order chi connectivity index (χ1) is 11.2. The number of aryl methyl sites for hydroxylation is 1. The van der Waals surface area contributed by atoms with Crippen LogP contribution in [0.2, 0.25) is 0 Å². The van der Waals surface area contributed by atoms with Gasteiger partial charge < -0.3 is 14.7 Å². The van der Waals surface area contributed by atoms with Gasteiger partial charge in [0.15, 0.2) is 5.82 Å². The van der Waals surface area contributed by atoms with Gasteiger partial charge >= 0.3 is 6.03 Å². The fourth-order valence-corrected chi connectivity index (χ4v) is 2.27. The van der Waals surface area contributed by atoms with Gasteiger partial charge in [-0.2, -0.15) is 4.98 Å². The zero-order valence-corrected chi connectivity index (χ0v) is 14.0. The van der Waals surface area contributed by atoms with Crippen molar-refractivity contribution >= 4 is 6.03 Å². The number of aromatic nitrogens is 2. The zero-order valence-electron chi connectivity index (χ0n) is 14.0. The van der Waals surface area contributed by atoms with Crippen LogP contribution in [0.15, 0.2) is 28.8 Å². The molecule has 2 aromatic rings. The molecule has 0 spiro atoms. The molecule has 0 unspecified atom stereocenters. The Morgan fingerprint density at radius 2 is 1.87 bits per heavy atom. The first-order valence-corrected chi connectivity index (χ1v) is 8.12. The molecule has 0 fully saturated rings. The first kappa shape index (κ1) is 17.0. The van der Waals surface area contributed by atoms with E-state index < -0.39 is 0 Å². The Bertz CT molecular complexity index is 618. The largest absolute Gasteiger partial charge is 0.338 e. The second-order valence-corrected chi connectivity index (χ2v) is 5.22. The van der Waals surface area contributed by atoms with Crippen molar-refractivity contribution < 1.29 is 9.32 Å². The third kappa shape index (κ3) is 4.55. The molecule has 1 aromatic heterocycles. The highest BCUT2D eigenvalue weighted by atomic mass is 16.5. The summed E-state index contributed by atoms with van der Waals surface area (Å²) in [4.78, 5) is 17.9. The van der Waals surface area contributed by atoms with Gasteiger partial charge in [0, 0.05) is 31.6 Å². The highest BCUT2D eigenvalue weighted by Gasteiger charge is 2.09. The Hall–Kier alpha value is -2.37. The Morgan fingerprint density at radius 1 is 1.17 bits per heavy atom. The van der Waals surface area contributed by atoms with Crippen LogP contribution >= 0.6 is 0 Å². The van der Waals surface area contributed by atoms with Gasteiger partial charge in [-0.1, -0.05) is 24.2 Å². The third-order valence-electron chi connectivity index (χ3n) is 3.73. The molecule has 2 amide bonds. The van der Waals surface area contributed by atoms with E-state index in [1.165, 1.54) is 0 Å². The van der Waals surface area contributed by atoms with E-state index in [0.29, 0.717) is 18.3 Å². The molecule has 0 radical (unpaired) electrons. The number of rotatable bonds is 7. The standard InChI is InChI=1S/C17H24N4O2/c1-4-15-19-16(23-20-15)14-9-7-13(8-10-14)11-12-18-17(22)21(5-2)6-3/h7-10H,4-6,11-12H2,1-3H3,(H,18,22). The summed E-state index contributed by atoms with van der Waals surface area (Å²) in [6.45, 7) is 8.01. The number of hydrogen-bond donors (Lipinski definition) is 1. The van der Waals surface area contributed by atoms with Gasteiger partial charge in [-0.25, -0.2) is 4.79 Å². The van der Waals surface area contributed by atoms with Crippen molar-refractivity contribution in [1.82, 2.24) is 20.4 Å². The second-order valence-electron chi connectivity index (χ2n) is 5.22. The topological polar surface area (TPSA) is 71.3 Å². The zero-order chi connectivity index (χ0) is 16.7. The van der Waals surface area contributed by atoms with Crippen molar-refractivity contribution in [2.75, 3.05) is 19.6 Å². The van der Waals surface area contributed by atoms with Crippen molar-refractivity contribution in [3.63, 3.8) is 0 Å². The lowest BCUT2D eigenvalue weighted by atomic mass is 10.1. The minimum Gasteiger partial charge on any atom is -0.338 e. The minimum atomic E-state index is -0.00965. The van der Waals surface area contributed by atoms with Crippen LogP contribution in [0.4, 0.5) is 4.79 Å². The van der Waals surface area contributed by atoms with Crippen LogP contribution in [0, 0.1) is 0 Å². The second kappa shape index (κ2) is 8.31. The van der Waals surface area contributed by atoms with Crippen molar-refractivity contribution in [3.8, 4) is 11.5 Å². The molecule has 6 heteroatoms. The van der Waals surface area contributed by atoms with Crippen molar-refractivity contribution in [1.29, 1.82) is 0 Å². The summed E-state index contributed by atoms with van der Waals surface area (Å²) in [6, 6.07) is 7.97. The normalized spacial score (nSPS) is 10.6. The number of nitrogens with zero attached hydrogens (tertiary/aromatic N) is 3. The SMILES string of the molecule is CCc1noc(-c2ccc(CCNC(=O)N(CC)CC)cc2)n1. The van der Waals surface area contributed by atoms with Crippen LogP contribution in [-0.4, -0.2) is 40.7 Å². The monoisotopic (exact) mass is 316 g/mol. The minimum absolute atomic E-state index is 0.00965. The maximum absolute atomic E-state index is 11.9. The highest BCUT2D eigenvalue weighted by molar-refractivity contribution is 5.74. The summed E-state index contributed by atoms with van der Waals surface area (Å²) in [5.74, 6) is 1.26. The smallest absolute Gasteiger partial charge is 0.317 e. The summed E-state index contributed by atoms with van der Waals surface area (Å²) in [5.41, 5.74) is 2.07. The number of hydrogen-bond acceptors (Lipinski definition) is 4. The molecule has 124 valence electrons. The van der Waals surface area contributed by atoms with E-state index in [1.54, 1.807) is 4.90 Å². The Balaban J connectivity index is 1.86. The van der Waals surface area contributed by atoms with Crippen LogP contribution < -0.4 is 5.32 Å². The lowest BCUT2D eigenvalue weighted by Crippen LogP contribution is -2.40. The molecule has 0 aliphatic carbocycles. The summed E-state index contributed by atoms with van der Waals surface area (Å²) in [7, 11) is 0. The first-order valence-electron chi connectivity index (χ1n) is 8.12. The molecule has 0 aliphatic heterocycles. The number of urea groups is 1. The van der Waals surface area contributed by atoms with Crippen molar-refractivity contribution in [2.24, 2.45) is 0 Å². The van der Waals surface area contributed by atoms with E-state index >= 15 is 0 Å². The van der Waals surface area contributed by atoms with E-state index in [0.717, 1.165) is 37.1 Å². The van der Waals surface area contributed by atoms with Gasteiger partial charge in [0.25, 0.3) is 5.89 Å². The molecule has 6 nitrogen and oxygen atoms in total. The molecular weight excluding hydrogens is 292 g/mol. The molecule has 1 aromatic carbocycles. The number of carbonyl (C=O) groups excluding carboxylic acids is 1. The van der Waals surface area contributed by atoms with Gasteiger partial charge in [0.1, 0.15) is 0 Å². The van der Waals surface area contributed by atoms with E-state index in [1.807, 2.05) is 45.0 Å². The molecule has 0 bridgehead atoms. The molecule has 0 aliphatic rings. The average Bonchev–Trinajstić information content (AvgIpc) is 3.06. The summed E-state index contributed by atoms with van der Waals surface area (Å²) < 4.78 is 5.22. The maximum atomic E-state index is 11.9. The van der Waals surface area contributed by atoms with Crippen molar-refractivity contribution in [2.45, 2.75) is 33.6 Å². The predicted octanol–water partition coefficient (Wildman–Crippen LogP) is 2.89. The fourth-order valence-electron chi connectivity index (χ4n) is 2.27. The molecule has 23 heavy (non-hydrogen) atoms. The summed E-state index contributed by atoms with van der Waals surface area (Å²) in [5, 5.41) is 6.83. The quantitative estimate of drug-likeness (QED) is 0.852. The van der Waals surface area contributed by atoms with Crippen LogP contribution in [-0.2, 0) is 12.8 Å². The molecule has 1 N–H and O–H groups in total. The third-order valence-corrected chi connectivity index (χ3v) is 3.73. The van der Waals surface area contributed by atoms with E-state index in [2.05, 4.69) is 15.5 Å². The van der Waals surface area contributed by atoms with E-state index in [9.17, 15) is 4.79 Å². The highest BCUT2D eigenvalue weighted by Crippen LogP contribution is 2.18. The molecule has 0 saturated carbocycles. The Morgan fingerprint density at radius 3 is 2.43 bits per heavy atom.